The normalized spacial score (nSPS) is 19.9. The largest absolute Gasteiger partial charge is 0.310 e. The van der Waals surface area contributed by atoms with E-state index in [1.165, 1.54) is 0 Å². The highest BCUT2D eigenvalue weighted by Crippen LogP contribution is 2.54. The highest BCUT2D eigenvalue weighted by molar-refractivity contribution is 6.35. The number of rotatable bonds is 3. The van der Waals surface area contributed by atoms with Crippen LogP contribution < -0.4 is 10.2 Å². The van der Waals surface area contributed by atoms with Gasteiger partial charge in [-0.3, -0.25) is 9.59 Å². The third-order valence-corrected chi connectivity index (χ3v) is 6.09. The van der Waals surface area contributed by atoms with E-state index in [-0.39, 0.29) is 24.2 Å². The van der Waals surface area contributed by atoms with Crippen LogP contribution in [0.5, 0.6) is 0 Å². The Morgan fingerprint density at radius 3 is 2.60 bits per heavy atom. The van der Waals surface area contributed by atoms with E-state index in [0.29, 0.717) is 28.6 Å². The molecule has 2 amide bonds. The van der Waals surface area contributed by atoms with E-state index in [9.17, 15) is 9.59 Å². The fourth-order valence-electron chi connectivity index (χ4n) is 4.61. The molecule has 1 unspecified atom stereocenters. The number of hydrogen-bond donors (Lipinski definition) is 1. The number of aromatic nitrogens is 2. The summed E-state index contributed by atoms with van der Waals surface area (Å²) >= 11 is 6.56. The Labute approximate surface area is 179 Å². The predicted molar refractivity (Wildman–Crippen MR) is 116 cm³/mol. The minimum Gasteiger partial charge on any atom is -0.310 e. The van der Waals surface area contributed by atoms with Crippen LogP contribution in [-0.4, -0.2) is 28.1 Å². The molecule has 1 N–H and O–H groups in total. The lowest BCUT2D eigenvalue weighted by atomic mass is 9.72. The number of halogens is 1. The molecule has 1 atom stereocenters. The number of nitrogens with zero attached hydrogens (tertiary/aromatic N) is 3. The maximum atomic E-state index is 13.9. The lowest BCUT2D eigenvalue weighted by Gasteiger charge is -2.32. The van der Waals surface area contributed by atoms with E-state index in [1.807, 2.05) is 42.5 Å². The minimum atomic E-state index is -1.13. The number of hydrogen-bond acceptors (Lipinski definition) is 3. The van der Waals surface area contributed by atoms with Crippen molar-refractivity contribution >= 4 is 34.9 Å². The average Bonchev–Trinajstić information content (AvgIpc) is 3.24. The van der Waals surface area contributed by atoms with Crippen LogP contribution in [-0.2, 0) is 15.0 Å². The van der Waals surface area contributed by atoms with Crippen LogP contribution in [0.4, 0.5) is 11.5 Å². The molecule has 0 bridgehead atoms. The zero-order valence-electron chi connectivity index (χ0n) is 16.7. The van der Waals surface area contributed by atoms with Crippen LogP contribution in [0.25, 0.3) is 5.69 Å². The van der Waals surface area contributed by atoms with Crippen molar-refractivity contribution in [2.24, 2.45) is 5.92 Å². The fourth-order valence-corrected chi connectivity index (χ4v) is 4.89. The van der Waals surface area contributed by atoms with Gasteiger partial charge < -0.3 is 10.2 Å². The molecule has 1 spiro atoms. The summed E-state index contributed by atoms with van der Waals surface area (Å²) < 4.78 is 1.68. The molecule has 2 aliphatic rings. The second-order valence-electron chi connectivity index (χ2n) is 8.23. The maximum Gasteiger partial charge on any atom is 0.242 e. The van der Waals surface area contributed by atoms with Crippen LogP contribution in [0.1, 0.15) is 31.4 Å². The van der Waals surface area contributed by atoms with E-state index in [2.05, 4.69) is 24.3 Å². The number of carbonyl (C=O) groups excluding carboxylic acids is 2. The summed E-state index contributed by atoms with van der Waals surface area (Å²) in [5.74, 6) is 0.439. The van der Waals surface area contributed by atoms with Crippen LogP contribution in [0.15, 0.2) is 54.7 Å². The van der Waals surface area contributed by atoms with Crippen LogP contribution in [0, 0.1) is 5.92 Å². The van der Waals surface area contributed by atoms with Crippen molar-refractivity contribution in [2.45, 2.75) is 25.7 Å². The first kappa shape index (κ1) is 18.9. The molecular formula is C23H21ClN4O2. The first-order valence-corrected chi connectivity index (χ1v) is 10.4. The number of carbonyl (C=O) groups is 2. The van der Waals surface area contributed by atoms with Gasteiger partial charge in [0.05, 0.1) is 22.6 Å². The third kappa shape index (κ3) is 2.53. The Kier molecular flexibility index (Phi) is 4.22. The summed E-state index contributed by atoms with van der Waals surface area (Å²) in [6, 6.07) is 15.1. The number of anilines is 2. The standard InChI is InChI=1S/C23H21ClN4O2/c1-14(2)13-27-20-16(9-6-10-18(20)24)23(22(27)30)11-19(29)26-21-17(23)12-25-28(21)15-7-4-3-5-8-15/h3-10,12,14H,11,13H2,1-2H3,(H,26,29). The van der Waals surface area contributed by atoms with Crippen molar-refractivity contribution < 1.29 is 9.59 Å². The van der Waals surface area contributed by atoms with Gasteiger partial charge in [0.2, 0.25) is 11.8 Å². The van der Waals surface area contributed by atoms with E-state index in [1.54, 1.807) is 21.8 Å². The number of fused-ring (bicyclic) bond motifs is 4. The Balaban J connectivity index is 1.77. The number of nitrogens with one attached hydrogen (secondary N) is 1. The van der Waals surface area contributed by atoms with E-state index >= 15 is 0 Å². The third-order valence-electron chi connectivity index (χ3n) is 5.79. The highest BCUT2D eigenvalue weighted by atomic mass is 35.5. The van der Waals surface area contributed by atoms with Gasteiger partial charge in [0.25, 0.3) is 0 Å². The Bertz CT molecular complexity index is 1170. The maximum absolute atomic E-state index is 13.9. The molecule has 0 saturated carbocycles. The summed E-state index contributed by atoms with van der Waals surface area (Å²) in [5, 5.41) is 7.99. The quantitative estimate of drug-likeness (QED) is 0.691. The molecule has 152 valence electrons. The van der Waals surface area contributed by atoms with Crippen molar-refractivity contribution in [3.63, 3.8) is 0 Å². The first-order valence-electron chi connectivity index (χ1n) is 9.98. The monoisotopic (exact) mass is 420 g/mol. The van der Waals surface area contributed by atoms with Crippen LogP contribution >= 0.6 is 11.6 Å². The van der Waals surface area contributed by atoms with Gasteiger partial charge in [-0.1, -0.05) is 55.8 Å². The van der Waals surface area contributed by atoms with Crippen molar-refractivity contribution in [3.8, 4) is 5.69 Å². The Morgan fingerprint density at radius 1 is 1.10 bits per heavy atom. The molecular weight excluding hydrogens is 400 g/mol. The average molecular weight is 421 g/mol. The number of amides is 2. The second kappa shape index (κ2) is 6.71. The van der Waals surface area contributed by atoms with Gasteiger partial charge in [-0.05, 0) is 29.7 Å². The summed E-state index contributed by atoms with van der Waals surface area (Å²) in [6.07, 6.45) is 1.73. The molecule has 0 radical (unpaired) electrons. The van der Waals surface area contributed by atoms with Gasteiger partial charge in [-0.2, -0.15) is 5.10 Å². The molecule has 7 heteroatoms. The molecule has 0 aliphatic carbocycles. The molecule has 0 fully saturated rings. The summed E-state index contributed by atoms with van der Waals surface area (Å²) in [4.78, 5) is 28.6. The van der Waals surface area contributed by atoms with Gasteiger partial charge in [0.1, 0.15) is 11.2 Å². The highest BCUT2D eigenvalue weighted by Gasteiger charge is 2.57. The smallest absolute Gasteiger partial charge is 0.242 e. The SMILES string of the molecule is CC(C)CN1C(=O)C2(CC(=O)Nc3c2cnn3-c2ccccc2)c2cccc(Cl)c21. The van der Waals surface area contributed by atoms with E-state index in [0.717, 1.165) is 11.3 Å². The molecule has 3 heterocycles. The van der Waals surface area contributed by atoms with E-state index in [4.69, 9.17) is 11.6 Å². The van der Waals surface area contributed by atoms with Gasteiger partial charge in [-0.25, -0.2) is 4.68 Å². The Morgan fingerprint density at radius 2 is 1.87 bits per heavy atom. The molecule has 5 rings (SSSR count). The van der Waals surface area contributed by atoms with Crippen molar-refractivity contribution in [2.75, 3.05) is 16.8 Å². The molecule has 2 aliphatic heterocycles. The zero-order valence-corrected chi connectivity index (χ0v) is 17.5. The summed E-state index contributed by atoms with van der Waals surface area (Å²) in [6.45, 7) is 4.64. The van der Waals surface area contributed by atoms with Crippen LogP contribution in [0.3, 0.4) is 0 Å². The number of benzene rings is 2. The van der Waals surface area contributed by atoms with Gasteiger partial charge in [0, 0.05) is 18.5 Å². The molecule has 6 nitrogen and oxygen atoms in total. The van der Waals surface area contributed by atoms with Crippen molar-refractivity contribution in [1.82, 2.24) is 9.78 Å². The van der Waals surface area contributed by atoms with Crippen molar-refractivity contribution in [3.05, 3.63) is 70.9 Å². The topological polar surface area (TPSA) is 67.2 Å². The Hall–Kier alpha value is -3.12. The lowest BCUT2D eigenvalue weighted by Crippen LogP contribution is -2.47. The molecule has 3 aromatic rings. The first-order chi connectivity index (χ1) is 14.4. The van der Waals surface area contributed by atoms with Crippen LogP contribution in [0.2, 0.25) is 5.02 Å². The number of para-hydroxylation sites is 2. The summed E-state index contributed by atoms with van der Waals surface area (Å²) in [5.41, 5.74) is 1.85. The van der Waals surface area contributed by atoms with Gasteiger partial charge in [0.15, 0.2) is 0 Å². The van der Waals surface area contributed by atoms with Gasteiger partial charge >= 0.3 is 0 Å². The van der Waals surface area contributed by atoms with Crippen molar-refractivity contribution in [1.29, 1.82) is 0 Å². The van der Waals surface area contributed by atoms with Gasteiger partial charge in [-0.15, -0.1) is 0 Å². The molecule has 30 heavy (non-hydrogen) atoms. The van der Waals surface area contributed by atoms with E-state index < -0.39 is 5.41 Å². The zero-order chi connectivity index (χ0) is 21.0. The molecule has 2 aromatic carbocycles. The molecule has 0 saturated heterocycles. The predicted octanol–water partition coefficient (Wildman–Crippen LogP) is 4.16. The lowest BCUT2D eigenvalue weighted by molar-refractivity contribution is -0.126. The minimum absolute atomic E-state index is 0.0290. The molecule has 1 aromatic heterocycles. The summed E-state index contributed by atoms with van der Waals surface area (Å²) in [7, 11) is 0. The fraction of sp³-hybridized carbons (Fsp3) is 0.261. The second-order valence-corrected chi connectivity index (χ2v) is 8.64.